The molecule has 6 nitrogen and oxygen atoms in total. The number of nitrogens with two attached hydrogens (primary N) is 1. The fourth-order valence-corrected chi connectivity index (χ4v) is 2.23. The van der Waals surface area contributed by atoms with E-state index in [2.05, 4.69) is 15.5 Å². The third kappa shape index (κ3) is 3.26. The number of carbonyl (C=O) groups excluding carboxylic acids is 1. The number of nitrogens with one attached hydrogen (secondary N) is 1. The number of aromatic nitrogens is 2. The molecule has 1 aliphatic rings. The third-order valence-electron chi connectivity index (χ3n) is 3.13. The Labute approximate surface area is 99.9 Å². The molecule has 1 fully saturated rings. The molecule has 1 heterocycles. The monoisotopic (exact) mass is 238 g/mol. The Morgan fingerprint density at radius 1 is 1.53 bits per heavy atom. The molecule has 1 amide bonds. The van der Waals surface area contributed by atoms with Crippen molar-refractivity contribution in [3.8, 4) is 0 Å². The first kappa shape index (κ1) is 12.0. The number of hydrogen-bond donors (Lipinski definition) is 2. The second-order valence-electron chi connectivity index (χ2n) is 4.75. The molecule has 1 saturated carbocycles. The van der Waals surface area contributed by atoms with Crippen LogP contribution >= 0.6 is 0 Å². The lowest BCUT2D eigenvalue weighted by Crippen LogP contribution is -2.42. The van der Waals surface area contributed by atoms with Crippen LogP contribution in [0, 0.1) is 6.92 Å². The van der Waals surface area contributed by atoms with E-state index < -0.39 is 0 Å². The van der Waals surface area contributed by atoms with Crippen molar-refractivity contribution in [2.24, 2.45) is 5.73 Å². The average Bonchev–Trinajstić information content (AvgIpc) is 2.85. The highest BCUT2D eigenvalue weighted by atomic mass is 16.5. The second-order valence-corrected chi connectivity index (χ2v) is 4.75. The summed E-state index contributed by atoms with van der Waals surface area (Å²) in [6.07, 6.45) is 4.48. The average molecular weight is 238 g/mol. The molecule has 0 aromatic carbocycles. The maximum Gasteiger partial charge on any atom is 0.223 e. The van der Waals surface area contributed by atoms with Gasteiger partial charge in [0.2, 0.25) is 11.8 Å². The summed E-state index contributed by atoms with van der Waals surface area (Å²) < 4.78 is 4.81. The van der Waals surface area contributed by atoms with E-state index in [9.17, 15) is 4.79 Å². The van der Waals surface area contributed by atoms with Crippen molar-refractivity contribution < 1.29 is 9.32 Å². The minimum Gasteiger partial charge on any atom is -0.349 e. The van der Waals surface area contributed by atoms with Gasteiger partial charge in [0.1, 0.15) is 0 Å². The van der Waals surface area contributed by atoms with E-state index in [1.165, 1.54) is 0 Å². The molecule has 94 valence electrons. The molecule has 1 aromatic heterocycles. The zero-order valence-electron chi connectivity index (χ0n) is 10.0. The lowest BCUT2D eigenvalue weighted by atomic mass is 9.94. The first-order chi connectivity index (χ1) is 8.07. The summed E-state index contributed by atoms with van der Waals surface area (Å²) in [4.78, 5) is 15.7. The van der Waals surface area contributed by atoms with E-state index in [-0.39, 0.29) is 11.4 Å². The highest BCUT2D eigenvalue weighted by molar-refractivity contribution is 5.77. The summed E-state index contributed by atoms with van der Waals surface area (Å²) in [6, 6.07) is 0. The van der Waals surface area contributed by atoms with Crippen LogP contribution in [0.3, 0.4) is 0 Å². The Kier molecular flexibility index (Phi) is 3.42. The van der Waals surface area contributed by atoms with Crippen LogP contribution in [0.2, 0.25) is 0 Å². The molecule has 0 saturated heterocycles. The van der Waals surface area contributed by atoms with Gasteiger partial charge in [-0.3, -0.25) is 4.79 Å². The maximum absolute atomic E-state index is 11.7. The molecule has 0 aliphatic heterocycles. The molecular formula is C11H18N4O2. The third-order valence-corrected chi connectivity index (χ3v) is 3.13. The Hall–Kier alpha value is -1.43. The van der Waals surface area contributed by atoms with Crippen LogP contribution in [-0.2, 0) is 11.3 Å². The van der Waals surface area contributed by atoms with Crippen molar-refractivity contribution in [1.29, 1.82) is 0 Å². The molecule has 2 rings (SSSR count). The van der Waals surface area contributed by atoms with Crippen LogP contribution in [0.5, 0.6) is 0 Å². The van der Waals surface area contributed by atoms with Crippen molar-refractivity contribution in [2.75, 3.05) is 0 Å². The molecule has 0 atom stereocenters. The summed E-state index contributed by atoms with van der Waals surface area (Å²) in [5.41, 5.74) is 5.81. The van der Waals surface area contributed by atoms with Crippen LogP contribution in [0.25, 0.3) is 0 Å². The van der Waals surface area contributed by atoms with Gasteiger partial charge in [-0.25, -0.2) is 0 Å². The first-order valence-electron chi connectivity index (χ1n) is 5.92. The lowest BCUT2D eigenvalue weighted by molar-refractivity contribution is -0.122. The number of aryl methyl sites for hydroxylation is 1. The molecule has 0 radical (unpaired) electrons. The van der Waals surface area contributed by atoms with Crippen LogP contribution < -0.4 is 11.1 Å². The highest BCUT2D eigenvalue weighted by Crippen LogP contribution is 2.29. The quantitative estimate of drug-likeness (QED) is 0.803. The lowest BCUT2D eigenvalue weighted by Gasteiger charge is -2.22. The fourth-order valence-electron chi connectivity index (χ4n) is 2.23. The number of amides is 1. The predicted molar refractivity (Wildman–Crippen MR) is 60.9 cm³/mol. The minimum atomic E-state index is -0.308. The van der Waals surface area contributed by atoms with Crippen LogP contribution in [0.4, 0.5) is 0 Å². The van der Waals surface area contributed by atoms with Gasteiger partial charge in [0.25, 0.3) is 0 Å². The molecule has 1 aromatic rings. The second kappa shape index (κ2) is 4.83. The highest BCUT2D eigenvalue weighted by Gasteiger charge is 2.31. The molecule has 0 spiro atoms. The smallest absolute Gasteiger partial charge is 0.223 e. The van der Waals surface area contributed by atoms with E-state index in [4.69, 9.17) is 10.3 Å². The summed E-state index contributed by atoms with van der Waals surface area (Å²) >= 11 is 0. The van der Waals surface area contributed by atoms with Gasteiger partial charge in [-0.2, -0.15) is 4.98 Å². The number of nitrogens with zero attached hydrogens (tertiary/aromatic N) is 2. The normalized spacial score (nSPS) is 18.2. The van der Waals surface area contributed by atoms with Crippen molar-refractivity contribution >= 4 is 5.91 Å². The van der Waals surface area contributed by atoms with E-state index in [1.54, 1.807) is 6.92 Å². The maximum atomic E-state index is 11.7. The molecule has 0 unspecified atom stereocenters. The van der Waals surface area contributed by atoms with Crippen molar-refractivity contribution in [3.05, 3.63) is 11.7 Å². The largest absolute Gasteiger partial charge is 0.349 e. The number of carbonyl (C=O) groups is 1. The minimum absolute atomic E-state index is 0.0446. The van der Waals surface area contributed by atoms with E-state index in [0.29, 0.717) is 24.7 Å². The summed E-state index contributed by atoms with van der Waals surface area (Å²) in [7, 11) is 0. The molecule has 17 heavy (non-hydrogen) atoms. The van der Waals surface area contributed by atoms with E-state index in [0.717, 1.165) is 25.7 Å². The summed E-state index contributed by atoms with van der Waals surface area (Å²) in [5.74, 6) is 0.950. The van der Waals surface area contributed by atoms with Crippen LogP contribution in [-0.4, -0.2) is 21.6 Å². The van der Waals surface area contributed by atoms with Gasteiger partial charge in [0, 0.05) is 18.9 Å². The number of rotatable bonds is 4. The van der Waals surface area contributed by atoms with Gasteiger partial charge >= 0.3 is 0 Å². The standard InChI is InChI=1S/C11H18N4O2/c1-8-14-9(15-17-8)7-13-10(16)6-11(12)4-2-3-5-11/h2-7,12H2,1H3,(H,13,16). The predicted octanol–water partition coefficient (Wildman–Crippen LogP) is 0.656. The zero-order chi connectivity index (χ0) is 12.3. The van der Waals surface area contributed by atoms with Crippen molar-refractivity contribution in [1.82, 2.24) is 15.5 Å². The molecule has 0 bridgehead atoms. The van der Waals surface area contributed by atoms with Gasteiger partial charge in [0.05, 0.1) is 6.54 Å². The molecule has 1 aliphatic carbocycles. The van der Waals surface area contributed by atoms with Crippen molar-refractivity contribution in [3.63, 3.8) is 0 Å². The SMILES string of the molecule is Cc1nc(CNC(=O)CC2(N)CCCC2)no1. The topological polar surface area (TPSA) is 94.0 Å². The van der Waals surface area contributed by atoms with Crippen LogP contribution in [0.15, 0.2) is 4.52 Å². The van der Waals surface area contributed by atoms with E-state index in [1.807, 2.05) is 0 Å². The van der Waals surface area contributed by atoms with Crippen molar-refractivity contribution in [2.45, 2.75) is 51.1 Å². The van der Waals surface area contributed by atoms with Gasteiger partial charge < -0.3 is 15.6 Å². The molecule has 6 heteroatoms. The van der Waals surface area contributed by atoms with Gasteiger partial charge in [-0.05, 0) is 12.8 Å². The van der Waals surface area contributed by atoms with E-state index >= 15 is 0 Å². The van der Waals surface area contributed by atoms with Gasteiger partial charge in [0.15, 0.2) is 5.82 Å². The summed E-state index contributed by atoms with van der Waals surface area (Å²) in [6.45, 7) is 2.01. The Morgan fingerprint density at radius 2 is 2.24 bits per heavy atom. The summed E-state index contributed by atoms with van der Waals surface area (Å²) in [5, 5.41) is 6.47. The fraction of sp³-hybridized carbons (Fsp3) is 0.727. The van der Waals surface area contributed by atoms with Gasteiger partial charge in [-0.1, -0.05) is 18.0 Å². The van der Waals surface area contributed by atoms with Crippen LogP contribution in [0.1, 0.15) is 43.8 Å². The first-order valence-corrected chi connectivity index (χ1v) is 5.92. The molecule has 3 N–H and O–H groups in total. The number of hydrogen-bond acceptors (Lipinski definition) is 5. The van der Waals surface area contributed by atoms with Gasteiger partial charge in [-0.15, -0.1) is 0 Å². The zero-order valence-corrected chi connectivity index (χ0v) is 10.0. The Balaban J connectivity index is 1.77. The Bertz CT molecular complexity index is 396. The molecular weight excluding hydrogens is 220 g/mol. The Morgan fingerprint density at radius 3 is 2.82 bits per heavy atom.